The summed E-state index contributed by atoms with van der Waals surface area (Å²) in [4.78, 5) is 19.1. The number of carbonyl (C=O) groups is 2. The normalized spacial score (nSPS) is 11.2. The average Bonchev–Trinajstić information content (AvgIpc) is 2.37. The van der Waals surface area contributed by atoms with Crippen LogP contribution in [0.1, 0.15) is 6.92 Å². The lowest BCUT2D eigenvalue weighted by atomic mass is 10.3. The maximum absolute atomic E-state index is 13.4. The lowest BCUT2D eigenvalue weighted by molar-refractivity contribution is -0.152. The maximum atomic E-state index is 13.4. The van der Waals surface area contributed by atoms with Gasteiger partial charge in [-0.1, -0.05) is 0 Å². The summed E-state index contributed by atoms with van der Waals surface area (Å²) in [5.41, 5.74) is 0. The second-order valence-corrected chi connectivity index (χ2v) is 4.94. The van der Waals surface area contributed by atoms with Crippen LogP contribution in [0.25, 0.3) is 0 Å². The summed E-state index contributed by atoms with van der Waals surface area (Å²) in [5.74, 6) is -14.4. The van der Waals surface area contributed by atoms with Gasteiger partial charge in [-0.2, -0.15) is 8.78 Å². The predicted octanol–water partition coefficient (Wildman–Crippen LogP) is 0.616. The first kappa shape index (κ1) is 17.8. The van der Waals surface area contributed by atoms with Crippen molar-refractivity contribution in [2.75, 3.05) is 6.61 Å². The lowest BCUT2D eigenvalue weighted by Crippen LogP contribution is -2.20. The van der Waals surface area contributed by atoms with E-state index in [4.69, 9.17) is 0 Å². The highest BCUT2D eigenvalue weighted by molar-refractivity contribution is 7.85. The fourth-order valence-electron chi connectivity index (χ4n) is 1.20. The van der Waals surface area contributed by atoms with Gasteiger partial charge in [0.1, 0.15) is 15.0 Å². The molecule has 12 heteroatoms. The molecule has 0 unspecified atom stereocenters. The van der Waals surface area contributed by atoms with Crippen molar-refractivity contribution in [3.8, 4) is 5.75 Å². The molecule has 0 N–H and O–H groups in total. The van der Waals surface area contributed by atoms with E-state index in [2.05, 4.69) is 9.47 Å². The number of hydrogen-bond donors (Lipinski definition) is 0. The molecular weight excluding hydrogens is 340 g/mol. The summed E-state index contributed by atoms with van der Waals surface area (Å²) in [7, 11) is -5.87. The third-order valence-electron chi connectivity index (χ3n) is 2.04. The molecule has 0 amide bonds. The van der Waals surface area contributed by atoms with Crippen LogP contribution in [0.2, 0.25) is 0 Å². The Morgan fingerprint density at radius 2 is 1.50 bits per heavy atom. The molecule has 0 fully saturated rings. The second kappa shape index (κ2) is 6.27. The van der Waals surface area contributed by atoms with Gasteiger partial charge in [-0.3, -0.25) is 4.79 Å². The number of ether oxygens (including phenoxy) is 2. The van der Waals surface area contributed by atoms with Crippen molar-refractivity contribution in [3.63, 3.8) is 0 Å². The zero-order valence-corrected chi connectivity index (χ0v) is 11.3. The summed E-state index contributed by atoms with van der Waals surface area (Å²) in [6.07, 6.45) is 0. The molecule has 0 aliphatic heterocycles. The number of benzene rings is 1. The molecule has 0 heterocycles. The number of rotatable bonds is 4. The SMILES string of the molecule is CC(=O)OCC(=O)Oc1c(F)c(F)c(S(=O)(=O)[O-])c(F)c1F. The van der Waals surface area contributed by atoms with Crippen molar-refractivity contribution in [2.24, 2.45) is 0 Å². The molecule has 1 rings (SSSR count). The maximum Gasteiger partial charge on any atom is 0.349 e. The smallest absolute Gasteiger partial charge is 0.349 e. The van der Waals surface area contributed by atoms with Crippen LogP contribution in [-0.4, -0.2) is 31.5 Å². The van der Waals surface area contributed by atoms with Gasteiger partial charge in [-0.25, -0.2) is 22.0 Å². The van der Waals surface area contributed by atoms with Gasteiger partial charge in [0.2, 0.25) is 17.4 Å². The van der Waals surface area contributed by atoms with Crippen LogP contribution in [0.4, 0.5) is 17.6 Å². The monoisotopic (exact) mass is 345 g/mol. The highest BCUT2D eigenvalue weighted by atomic mass is 32.2. The van der Waals surface area contributed by atoms with Gasteiger partial charge in [-0.15, -0.1) is 0 Å². The van der Waals surface area contributed by atoms with Crippen molar-refractivity contribution >= 4 is 22.1 Å². The van der Waals surface area contributed by atoms with Crippen LogP contribution in [0.15, 0.2) is 4.90 Å². The van der Waals surface area contributed by atoms with Gasteiger partial charge in [0.05, 0.1) is 0 Å². The standard InChI is InChI=1S/C10H6F4O7S/c1-3(15)20-2-4(16)21-9-5(11)7(13)10(22(17,18)19)8(14)6(9)12/h2H2,1H3,(H,17,18,19)/p-1. The average molecular weight is 345 g/mol. The molecule has 0 aliphatic carbocycles. The Labute approximate surface area is 120 Å². The quantitative estimate of drug-likeness (QED) is 0.259. The molecule has 0 saturated heterocycles. The Bertz CT molecular complexity index is 715. The Hall–Kier alpha value is -2.21. The molecule has 22 heavy (non-hydrogen) atoms. The van der Waals surface area contributed by atoms with E-state index in [1.165, 1.54) is 0 Å². The van der Waals surface area contributed by atoms with Gasteiger partial charge in [0.15, 0.2) is 18.2 Å². The molecular formula is C10H5F4O7S-. The van der Waals surface area contributed by atoms with Crippen LogP contribution < -0.4 is 4.74 Å². The van der Waals surface area contributed by atoms with Crippen molar-refractivity contribution in [1.82, 2.24) is 0 Å². The zero-order valence-electron chi connectivity index (χ0n) is 10.5. The van der Waals surface area contributed by atoms with Crippen LogP contribution in [0, 0.1) is 23.3 Å². The van der Waals surface area contributed by atoms with Crippen LogP contribution in [0.3, 0.4) is 0 Å². The molecule has 0 atom stereocenters. The van der Waals surface area contributed by atoms with Gasteiger partial charge in [0, 0.05) is 6.92 Å². The van der Waals surface area contributed by atoms with E-state index < -0.39 is 62.6 Å². The van der Waals surface area contributed by atoms with E-state index in [0.717, 1.165) is 6.92 Å². The number of halogens is 4. The van der Waals surface area contributed by atoms with Gasteiger partial charge >= 0.3 is 11.9 Å². The Morgan fingerprint density at radius 1 is 1.05 bits per heavy atom. The fraction of sp³-hybridized carbons (Fsp3) is 0.200. The molecule has 1 aromatic rings. The van der Waals surface area contributed by atoms with E-state index in [-0.39, 0.29) is 0 Å². The number of carbonyl (C=O) groups excluding carboxylic acids is 2. The van der Waals surface area contributed by atoms with E-state index >= 15 is 0 Å². The van der Waals surface area contributed by atoms with Gasteiger partial charge in [-0.05, 0) is 0 Å². The molecule has 0 radical (unpaired) electrons. The minimum Gasteiger partial charge on any atom is -0.744 e. The highest BCUT2D eigenvalue weighted by Crippen LogP contribution is 2.32. The third-order valence-corrected chi connectivity index (χ3v) is 2.90. The molecule has 0 spiro atoms. The van der Waals surface area contributed by atoms with Crippen molar-refractivity contribution in [3.05, 3.63) is 23.3 Å². The summed E-state index contributed by atoms with van der Waals surface area (Å²) >= 11 is 0. The summed E-state index contributed by atoms with van der Waals surface area (Å²) in [6, 6.07) is 0. The zero-order chi connectivity index (χ0) is 17.2. The van der Waals surface area contributed by atoms with Gasteiger partial charge in [0.25, 0.3) is 0 Å². The largest absolute Gasteiger partial charge is 0.744 e. The van der Waals surface area contributed by atoms with E-state index in [9.17, 15) is 40.1 Å². The third kappa shape index (κ3) is 3.71. The first-order valence-corrected chi connectivity index (χ1v) is 6.53. The topological polar surface area (TPSA) is 110 Å². The van der Waals surface area contributed by atoms with E-state index in [0.29, 0.717) is 0 Å². The first-order chi connectivity index (χ1) is 9.96. The van der Waals surface area contributed by atoms with Crippen LogP contribution >= 0.6 is 0 Å². The molecule has 122 valence electrons. The minimum absolute atomic E-state index is 0.891. The summed E-state index contributed by atoms with van der Waals surface area (Å²) in [6.45, 7) is -0.235. The molecule has 7 nitrogen and oxygen atoms in total. The van der Waals surface area contributed by atoms with E-state index in [1.54, 1.807) is 0 Å². The molecule has 0 saturated carbocycles. The molecule has 0 bridgehead atoms. The minimum atomic E-state index is -5.87. The number of esters is 2. The van der Waals surface area contributed by atoms with Crippen molar-refractivity contribution < 1.29 is 49.6 Å². The van der Waals surface area contributed by atoms with Gasteiger partial charge < -0.3 is 14.0 Å². The number of hydrogen-bond acceptors (Lipinski definition) is 7. The Morgan fingerprint density at radius 3 is 1.86 bits per heavy atom. The summed E-state index contributed by atoms with van der Waals surface area (Å²) in [5, 5.41) is 0. The molecule has 0 aliphatic rings. The molecule has 1 aromatic carbocycles. The summed E-state index contributed by atoms with van der Waals surface area (Å²) < 4.78 is 93.2. The van der Waals surface area contributed by atoms with Crippen LogP contribution in [0.5, 0.6) is 5.75 Å². The van der Waals surface area contributed by atoms with Crippen molar-refractivity contribution in [2.45, 2.75) is 11.8 Å². The first-order valence-electron chi connectivity index (χ1n) is 5.12. The fourth-order valence-corrected chi connectivity index (χ4v) is 1.82. The Balaban J connectivity index is 3.30. The Kier molecular flexibility index (Phi) is 5.09. The second-order valence-electron chi connectivity index (χ2n) is 3.62. The van der Waals surface area contributed by atoms with E-state index in [1.807, 2.05) is 0 Å². The molecule has 0 aromatic heterocycles. The lowest BCUT2D eigenvalue weighted by Gasteiger charge is -2.13. The van der Waals surface area contributed by atoms with Crippen molar-refractivity contribution in [1.29, 1.82) is 0 Å². The van der Waals surface area contributed by atoms with Crippen LogP contribution in [-0.2, 0) is 24.4 Å². The highest BCUT2D eigenvalue weighted by Gasteiger charge is 2.31. The predicted molar refractivity (Wildman–Crippen MR) is 56.5 cm³/mol.